The van der Waals surface area contributed by atoms with Gasteiger partial charge in [-0.25, -0.2) is 0 Å². The van der Waals surface area contributed by atoms with E-state index in [0.717, 1.165) is 19.5 Å². The number of amides is 1. The third kappa shape index (κ3) is 1.67. The topological polar surface area (TPSA) is 41.1 Å². The molecule has 3 fully saturated rings. The minimum Gasteiger partial charge on any atom is -0.353 e. The molecule has 1 heterocycles. The molecule has 84 valence electrons. The van der Waals surface area contributed by atoms with Crippen LogP contribution >= 0.6 is 0 Å². The Balaban J connectivity index is 1.53. The SMILES string of the molecule is O=C(NC1CCCC1)C1CC12CCNC2. The van der Waals surface area contributed by atoms with E-state index >= 15 is 0 Å². The highest BCUT2D eigenvalue weighted by Gasteiger charge is 2.59. The van der Waals surface area contributed by atoms with Gasteiger partial charge in [-0.05, 0) is 37.6 Å². The second-order valence-corrected chi connectivity index (χ2v) is 5.54. The Kier molecular flexibility index (Phi) is 2.23. The second-order valence-electron chi connectivity index (χ2n) is 5.54. The molecule has 0 aromatic rings. The van der Waals surface area contributed by atoms with E-state index in [1.54, 1.807) is 0 Å². The molecular formula is C12H20N2O. The van der Waals surface area contributed by atoms with Gasteiger partial charge in [-0.3, -0.25) is 4.79 Å². The zero-order valence-electron chi connectivity index (χ0n) is 9.22. The van der Waals surface area contributed by atoms with Gasteiger partial charge in [-0.15, -0.1) is 0 Å². The summed E-state index contributed by atoms with van der Waals surface area (Å²) in [5.74, 6) is 0.665. The van der Waals surface area contributed by atoms with Crippen molar-refractivity contribution in [3.05, 3.63) is 0 Å². The molecule has 1 spiro atoms. The maximum absolute atomic E-state index is 12.0. The van der Waals surface area contributed by atoms with Crippen molar-refractivity contribution in [2.45, 2.75) is 44.6 Å². The van der Waals surface area contributed by atoms with E-state index in [4.69, 9.17) is 0 Å². The first-order valence-corrected chi connectivity index (χ1v) is 6.31. The summed E-state index contributed by atoms with van der Waals surface area (Å²) in [5, 5.41) is 6.60. The summed E-state index contributed by atoms with van der Waals surface area (Å²) < 4.78 is 0. The van der Waals surface area contributed by atoms with Gasteiger partial charge in [0.25, 0.3) is 0 Å². The predicted octanol–water partition coefficient (Wildman–Crippen LogP) is 1.04. The van der Waals surface area contributed by atoms with E-state index in [1.165, 1.54) is 32.1 Å². The molecule has 3 rings (SSSR count). The van der Waals surface area contributed by atoms with E-state index < -0.39 is 0 Å². The Bertz CT molecular complexity index is 265. The van der Waals surface area contributed by atoms with Gasteiger partial charge in [-0.2, -0.15) is 0 Å². The second kappa shape index (κ2) is 3.48. The van der Waals surface area contributed by atoms with Crippen LogP contribution in [-0.4, -0.2) is 25.0 Å². The molecule has 0 aromatic carbocycles. The average Bonchev–Trinajstić information content (AvgIpc) is 2.63. The summed E-state index contributed by atoms with van der Waals surface area (Å²) in [6.07, 6.45) is 7.31. The van der Waals surface area contributed by atoms with Crippen molar-refractivity contribution < 1.29 is 4.79 Å². The van der Waals surface area contributed by atoms with Crippen LogP contribution in [-0.2, 0) is 4.79 Å². The molecule has 2 N–H and O–H groups in total. The van der Waals surface area contributed by atoms with E-state index in [2.05, 4.69) is 10.6 Å². The Hall–Kier alpha value is -0.570. The highest BCUT2D eigenvalue weighted by molar-refractivity contribution is 5.83. The van der Waals surface area contributed by atoms with Crippen molar-refractivity contribution in [2.24, 2.45) is 11.3 Å². The highest BCUT2D eigenvalue weighted by Crippen LogP contribution is 2.56. The number of hydrogen-bond donors (Lipinski definition) is 2. The molecule has 0 radical (unpaired) electrons. The Morgan fingerprint density at radius 2 is 2.13 bits per heavy atom. The lowest BCUT2D eigenvalue weighted by Gasteiger charge is -2.13. The summed E-state index contributed by atoms with van der Waals surface area (Å²) in [4.78, 5) is 12.0. The summed E-state index contributed by atoms with van der Waals surface area (Å²) in [6, 6.07) is 0.490. The number of carbonyl (C=O) groups excluding carboxylic acids is 1. The van der Waals surface area contributed by atoms with Gasteiger partial charge in [0.05, 0.1) is 0 Å². The summed E-state index contributed by atoms with van der Waals surface area (Å²) in [7, 11) is 0. The fraction of sp³-hybridized carbons (Fsp3) is 0.917. The van der Waals surface area contributed by atoms with Crippen LogP contribution in [0, 0.1) is 11.3 Å². The summed E-state index contributed by atoms with van der Waals surface area (Å²) in [6.45, 7) is 2.17. The average molecular weight is 208 g/mol. The van der Waals surface area contributed by atoms with Crippen molar-refractivity contribution >= 4 is 5.91 Å². The molecule has 1 amide bonds. The number of rotatable bonds is 2. The molecule has 0 aromatic heterocycles. The monoisotopic (exact) mass is 208 g/mol. The van der Waals surface area contributed by atoms with Crippen molar-refractivity contribution in [3.63, 3.8) is 0 Å². The maximum atomic E-state index is 12.0. The van der Waals surface area contributed by atoms with E-state index in [-0.39, 0.29) is 0 Å². The molecule has 1 saturated heterocycles. The standard InChI is InChI=1S/C12H20N2O/c15-11(14-9-3-1-2-4-9)10-7-12(10)5-6-13-8-12/h9-10,13H,1-8H2,(H,14,15). The molecule has 3 aliphatic rings. The number of hydrogen-bond acceptors (Lipinski definition) is 2. The molecule has 2 saturated carbocycles. The molecule has 2 aliphatic carbocycles. The van der Waals surface area contributed by atoms with Gasteiger partial charge < -0.3 is 10.6 Å². The lowest BCUT2D eigenvalue weighted by atomic mass is 10.0. The predicted molar refractivity (Wildman–Crippen MR) is 58.4 cm³/mol. The fourth-order valence-corrected chi connectivity index (χ4v) is 3.33. The summed E-state index contributed by atoms with van der Waals surface area (Å²) >= 11 is 0. The van der Waals surface area contributed by atoms with E-state index in [1.807, 2.05) is 0 Å². The molecule has 2 atom stereocenters. The first-order chi connectivity index (χ1) is 7.30. The van der Waals surface area contributed by atoms with Gasteiger partial charge in [0.2, 0.25) is 5.91 Å². The molecule has 1 aliphatic heterocycles. The minimum absolute atomic E-state index is 0.327. The van der Waals surface area contributed by atoms with E-state index in [0.29, 0.717) is 23.3 Å². The number of nitrogens with one attached hydrogen (secondary N) is 2. The molecule has 2 unspecified atom stereocenters. The van der Waals surface area contributed by atoms with Gasteiger partial charge in [0.15, 0.2) is 0 Å². The van der Waals surface area contributed by atoms with Gasteiger partial charge in [-0.1, -0.05) is 12.8 Å². The first-order valence-electron chi connectivity index (χ1n) is 6.31. The van der Waals surface area contributed by atoms with Crippen molar-refractivity contribution in [2.75, 3.05) is 13.1 Å². The van der Waals surface area contributed by atoms with Gasteiger partial charge in [0, 0.05) is 18.5 Å². The van der Waals surface area contributed by atoms with Crippen LogP contribution in [0.2, 0.25) is 0 Å². The van der Waals surface area contributed by atoms with E-state index in [9.17, 15) is 4.79 Å². The van der Waals surface area contributed by atoms with Crippen molar-refractivity contribution in [1.82, 2.24) is 10.6 Å². The Labute approximate surface area is 91.0 Å². The molecule has 0 bridgehead atoms. The molecular weight excluding hydrogens is 188 g/mol. The third-order valence-electron chi connectivity index (χ3n) is 4.48. The van der Waals surface area contributed by atoms with Crippen LogP contribution in [0.1, 0.15) is 38.5 Å². The Morgan fingerprint density at radius 1 is 1.33 bits per heavy atom. The normalized spacial score (nSPS) is 39.9. The molecule has 3 nitrogen and oxygen atoms in total. The first kappa shape index (κ1) is 9.64. The zero-order chi connectivity index (χ0) is 10.3. The smallest absolute Gasteiger partial charge is 0.223 e. The summed E-state index contributed by atoms with van der Waals surface area (Å²) in [5.41, 5.74) is 0.364. The van der Waals surface area contributed by atoms with Crippen LogP contribution < -0.4 is 10.6 Å². The molecule has 15 heavy (non-hydrogen) atoms. The van der Waals surface area contributed by atoms with Crippen LogP contribution in [0.5, 0.6) is 0 Å². The molecule has 3 heteroatoms. The van der Waals surface area contributed by atoms with Gasteiger partial charge >= 0.3 is 0 Å². The minimum atomic E-state index is 0.327. The largest absolute Gasteiger partial charge is 0.353 e. The third-order valence-corrected chi connectivity index (χ3v) is 4.48. The van der Waals surface area contributed by atoms with Crippen molar-refractivity contribution in [1.29, 1.82) is 0 Å². The maximum Gasteiger partial charge on any atom is 0.223 e. The lowest BCUT2D eigenvalue weighted by Crippen LogP contribution is -2.35. The zero-order valence-corrected chi connectivity index (χ0v) is 9.22. The Morgan fingerprint density at radius 3 is 2.80 bits per heavy atom. The van der Waals surface area contributed by atoms with Crippen LogP contribution in [0.15, 0.2) is 0 Å². The number of carbonyl (C=O) groups is 1. The highest BCUT2D eigenvalue weighted by atomic mass is 16.2. The fourth-order valence-electron chi connectivity index (χ4n) is 3.33. The van der Waals surface area contributed by atoms with Crippen LogP contribution in [0.3, 0.4) is 0 Å². The quantitative estimate of drug-likeness (QED) is 0.712. The van der Waals surface area contributed by atoms with Crippen molar-refractivity contribution in [3.8, 4) is 0 Å². The lowest BCUT2D eigenvalue weighted by molar-refractivity contribution is -0.123. The van der Waals surface area contributed by atoms with Crippen LogP contribution in [0.4, 0.5) is 0 Å². The van der Waals surface area contributed by atoms with Crippen LogP contribution in [0.25, 0.3) is 0 Å². The van der Waals surface area contributed by atoms with Gasteiger partial charge in [0.1, 0.15) is 0 Å².